The SMILES string of the molecule is [2H]c1c([2H])c([2H])c2c(c1[2H])-c1c([2H])c(-c3c4c([2H])c([2H])c([2H])c([2H])c4c(-c4ccc5oc6ccc7ccccc7c6c5c4)c4c([2H])c([2H])c([2H])c([2H])c34)c([2H])c([2H])c1C2(C)C. The Bertz CT molecular complexity index is 3490. The summed E-state index contributed by atoms with van der Waals surface area (Å²) in [6.07, 6.45) is 0. The van der Waals surface area contributed by atoms with Gasteiger partial charge in [-0.3, -0.25) is 0 Å². The van der Waals surface area contributed by atoms with Gasteiger partial charge in [-0.25, -0.2) is 0 Å². The molecular weight excluding hydrogens is 556 g/mol. The Morgan fingerprint density at radius 2 is 1.15 bits per heavy atom. The van der Waals surface area contributed by atoms with Gasteiger partial charge >= 0.3 is 0 Å². The van der Waals surface area contributed by atoms with Crippen LogP contribution in [-0.2, 0) is 5.41 Å². The van der Waals surface area contributed by atoms with Gasteiger partial charge in [0.1, 0.15) is 11.2 Å². The third-order valence-corrected chi connectivity index (χ3v) is 9.27. The van der Waals surface area contributed by atoms with Crippen LogP contribution in [0.3, 0.4) is 0 Å². The topological polar surface area (TPSA) is 13.1 Å². The minimum atomic E-state index is -1.29. The van der Waals surface area contributed by atoms with Gasteiger partial charge in [0.25, 0.3) is 0 Å². The van der Waals surface area contributed by atoms with Gasteiger partial charge < -0.3 is 4.42 Å². The Morgan fingerprint density at radius 1 is 0.522 bits per heavy atom. The standard InChI is InChI=1S/C45H30O/c1-45(2)38-18-10-9-13-31(38)36-25-28(19-22-39(36)45)42-32-14-5-7-16-34(32)43(35-17-8-6-15-33(35)42)29-21-23-40-37(26-29)44-30-12-4-3-11-27(30)20-24-41(44)46-40/h3-26H,1-2H3/i5D,6D,7D,8D,9D,10D,13D,14D,15D,16D,17D,18D,19D,22D,25D. The fourth-order valence-corrected chi connectivity index (χ4v) is 7.15. The summed E-state index contributed by atoms with van der Waals surface area (Å²) in [5.41, 5.74) is -0.407. The lowest BCUT2D eigenvalue weighted by Gasteiger charge is -2.22. The molecule has 1 heteroatoms. The van der Waals surface area contributed by atoms with Crippen LogP contribution in [-0.4, -0.2) is 0 Å². The molecule has 1 aliphatic rings. The van der Waals surface area contributed by atoms with E-state index in [1.54, 1.807) is 32.0 Å². The largest absolute Gasteiger partial charge is 0.456 e. The summed E-state index contributed by atoms with van der Waals surface area (Å²) in [7, 11) is 0. The molecule has 216 valence electrons. The van der Waals surface area contributed by atoms with Crippen LogP contribution in [0.4, 0.5) is 0 Å². The van der Waals surface area contributed by atoms with Crippen LogP contribution in [0.1, 0.15) is 45.5 Å². The molecule has 8 aromatic carbocycles. The van der Waals surface area contributed by atoms with Crippen molar-refractivity contribution in [2.24, 2.45) is 0 Å². The Hall–Kier alpha value is -5.66. The number of benzene rings is 8. The Kier molecular flexibility index (Phi) is 3.01. The molecule has 10 rings (SSSR count). The second-order valence-electron chi connectivity index (χ2n) is 12.1. The number of rotatable bonds is 2. The van der Waals surface area contributed by atoms with Gasteiger partial charge in [0, 0.05) is 16.2 Å². The van der Waals surface area contributed by atoms with Crippen molar-refractivity contribution in [1.29, 1.82) is 0 Å². The van der Waals surface area contributed by atoms with E-state index in [9.17, 15) is 9.60 Å². The summed E-state index contributed by atoms with van der Waals surface area (Å²) in [5, 5.41) is 2.42. The first-order valence-corrected chi connectivity index (χ1v) is 14.9. The first-order chi connectivity index (χ1) is 28.8. The highest BCUT2D eigenvalue weighted by atomic mass is 16.3. The third kappa shape index (κ3) is 3.40. The molecule has 0 saturated carbocycles. The maximum Gasteiger partial charge on any atom is 0.136 e. The Balaban J connectivity index is 1.46. The first kappa shape index (κ1) is 15.1. The lowest BCUT2D eigenvalue weighted by molar-refractivity contribution is 0.660. The molecule has 0 spiro atoms. The molecular formula is C45H30O. The second kappa shape index (κ2) is 9.19. The smallest absolute Gasteiger partial charge is 0.136 e. The molecule has 46 heavy (non-hydrogen) atoms. The first-order valence-electron chi connectivity index (χ1n) is 22.4. The van der Waals surface area contributed by atoms with E-state index in [2.05, 4.69) is 0 Å². The molecule has 0 aliphatic heterocycles. The molecule has 0 amide bonds. The van der Waals surface area contributed by atoms with Crippen LogP contribution in [0.5, 0.6) is 0 Å². The monoisotopic (exact) mass is 601 g/mol. The summed E-state index contributed by atoms with van der Waals surface area (Å²) < 4.78 is 143. The highest BCUT2D eigenvalue weighted by Crippen LogP contribution is 2.51. The van der Waals surface area contributed by atoms with Crippen molar-refractivity contribution in [3.05, 3.63) is 156 Å². The van der Waals surface area contributed by atoms with Gasteiger partial charge in [0.2, 0.25) is 0 Å². The van der Waals surface area contributed by atoms with E-state index >= 15 is 0 Å². The van der Waals surface area contributed by atoms with Gasteiger partial charge in [-0.1, -0.05) is 135 Å². The van der Waals surface area contributed by atoms with Gasteiger partial charge in [-0.05, 0) is 101 Å². The summed E-state index contributed by atoms with van der Waals surface area (Å²) in [4.78, 5) is 0. The molecule has 0 fully saturated rings. The third-order valence-electron chi connectivity index (χ3n) is 9.27. The van der Waals surface area contributed by atoms with E-state index in [0.717, 1.165) is 16.2 Å². The molecule has 1 aromatic heterocycles. The lowest BCUT2D eigenvalue weighted by atomic mass is 9.81. The number of hydrogen-bond acceptors (Lipinski definition) is 1. The van der Waals surface area contributed by atoms with Crippen LogP contribution in [0.25, 0.3) is 87.6 Å². The molecule has 0 radical (unpaired) electrons. The second-order valence-corrected chi connectivity index (χ2v) is 12.1. The predicted molar refractivity (Wildman–Crippen MR) is 195 cm³/mol. The quantitative estimate of drug-likeness (QED) is 0.180. The van der Waals surface area contributed by atoms with Gasteiger partial charge in [-0.15, -0.1) is 0 Å². The average molecular weight is 602 g/mol. The zero-order valence-corrected chi connectivity index (χ0v) is 24.6. The van der Waals surface area contributed by atoms with Crippen molar-refractivity contribution < 1.29 is 25.0 Å². The predicted octanol–water partition coefficient (Wildman–Crippen LogP) is 12.7. The fraction of sp³-hybridized carbons (Fsp3) is 0.0667. The van der Waals surface area contributed by atoms with Crippen LogP contribution >= 0.6 is 0 Å². The maximum absolute atomic E-state index is 9.87. The summed E-state index contributed by atoms with van der Waals surface area (Å²) in [6.45, 7) is 3.29. The molecule has 1 aliphatic carbocycles. The van der Waals surface area contributed by atoms with Crippen LogP contribution in [0, 0.1) is 0 Å². The van der Waals surface area contributed by atoms with Crippen LogP contribution in [0.2, 0.25) is 0 Å². The van der Waals surface area contributed by atoms with E-state index in [1.165, 1.54) is 0 Å². The van der Waals surface area contributed by atoms with Crippen LogP contribution < -0.4 is 0 Å². The maximum atomic E-state index is 9.87. The molecule has 0 atom stereocenters. The molecule has 0 bridgehead atoms. The minimum Gasteiger partial charge on any atom is -0.456 e. The van der Waals surface area contributed by atoms with E-state index < -0.39 is 90.0 Å². The molecule has 0 N–H and O–H groups in total. The number of furan rings is 1. The summed E-state index contributed by atoms with van der Waals surface area (Å²) in [5.74, 6) is 0. The van der Waals surface area contributed by atoms with E-state index in [-0.39, 0.29) is 66.5 Å². The molecule has 0 unspecified atom stereocenters. The lowest BCUT2D eigenvalue weighted by Crippen LogP contribution is -2.14. The van der Waals surface area contributed by atoms with Gasteiger partial charge in [-0.2, -0.15) is 0 Å². The van der Waals surface area contributed by atoms with Crippen molar-refractivity contribution in [3.63, 3.8) is 0 Å². The van der Waals surface area contributed by atoms with Crippen molar-refractivity contribution >= 4 is 54.3 Å². The van der Waals surface area contributed by atoms with E-state index in [4.69, 9.17) is 15.4 Å². The van der Waals surface area contributed by atoms with Crippen molar-refractivity contribution in [1.82, 2.24) is 0 Å². The highest BCUT2D eigenvalue weighted by Gasteiger charge is 2.35. The van der Waals surface area contributed by atoms with Crippen LogP contribution in [0.15, 0.2) is 150 Å². The zero-order chi connectivity index (χ0) is 43.6. The van der Waals surface area contributed by atoms with E-state index in [0.29, 0.717) is 22.1 Å². The van der Waals surface area contributed by atoms with Crippen molar-refractivity contribution in [3.8, 4) is 33.4 Å². The highest BCUT2D eigenvalue weighted by molar-refractivity contribution is 6.23. The fourth-order valence-electron chi connectivity index (χ4n) is 7.15. The van der Waals surface area contributed by atoms with Crippen molar-refractivity contribution in [2.75, 3.05) is 0 Å². The van der Waals surface area contributed by atoms with Gasteiger partial charge in [0.05, 0.1) is 20.6 Å². The molecule has 1 nitrogen and oxygen atoms in total. The van der Waals surface area contributed by atoms with Gasteiger partial charge in [0.15, 0.2) is 0 Å². The molecule has 9 aromatic rings. The Morgan fingerprint density at radius 3 is 1.91 bits per heavy atom. The Labute approximate surface area is 288 Å². The summed E-state index contributed by atoms with van der Waals surface area (Å²) >= 11 is 0. The summed E-state index contributed by atoms with van der Waals surface area (Å²) in [6, 6.07) is 8.19. The minimum absolute atomic E-state index is 0.0482. The normalized spacial score (nSPS) is 18.2. The average Bonchev–Trinajstić information content (AvgIpc) is 3.75. The molecule has 0 saturated heterocycles. The van der Waals surface area contributed by atoms with E-state index in [1.807, 2.05) is 36.4 Å². The van der Waals surface area contributed by atoms with Crippen molar-refractivity contribution in [2.45, 2.75) is 19.3 Å². The number of hydrogen-bond donors (Lipinski definition) is 0. The zero-order valence-electron chi connectivity index (χ0n) is 39.6. The molecule has 1 heterocycles. The number of fused-ring (bicyclic) bond motifs is 10.